The molecule has 0 bridgehead atoms. The van der Waals surface area contributed by atoms with Crippen LogP contribution in [-0.2, 0) is 4.74 Å². The Bertz CT molecular complexity index is 336. The first kappa shape index (κ1) is 13.6. The monoisotopic (exact) mass is 247 g/mol. The summed E-state index contributed by atoms with van der Waals surface area (Å²) in [6.45, 7) is 5.39. The summed E-state index contributed by atoms with van der Waals surface area (Å²) in [5.41, 5.74) is 1.37. The zero-order valence-corrected chi connectivity index (χ0v) is 11.6. The Hall–Kier alpha value is -0.860. The fourth-order valence-electron chi connectivity index (χ4n) is 2.75. The van der Waals surface area contributed by atoms with Crippen molar-refractivity contribution in [2.75, 3.05) is 6.61 Å². The molecule has 1 aliphatic heterocycles. The summed E-state index contributed by atoms with van der Waals surface area (Å²) in [7, 11) is 0. The molecule has 1 aliphatic rings. The van der Waals surface area contributed by atoms with Crippen LogP contribution in [0, 0.1) is 0 Å². The van der Waals surface area contributed by atoms with Gasteiger partial charge in [0.1, 0.15) is 0 Å². The van der Waals surface area contributed by atoms with E-state index in [0.717, 1.165) is 19.4 Å². The summed E-state index contributed by atoms with van der Waals surface area (Å²) < 4.78 is 5.80. The Morgan fingerprint density at radius 3 is 2.83 bits per heavy atom. The van der Waals surface area contributed by atoms with E-state index in [9.17, 15) is 0 Å². The largest absolute Gasteiger partial charge is 0.378 e. The standard InChI is InChI=1S/C16H25NO/c1-3-7-16-12-15(10-11-18-16)17-13(2)14-8-5-4-6-9-14/h4-6,8-9,13,15-17H,3,7,10-12H2,1-2H3/t13-,15?,16?/m1/s1. The molecular weight excluding hydrogens is 222 g/mol. The molecular formula is C16H25NO. The average Bonchev–Trinajstić information content (AvgIpc) is 2.40. The van der Waals surface area contributed by atoms with Gasteiger partial charge in [-0.25, -0.2) is 0 Å². The number of ether oxygens (including phenoxy) is 1. The molecule has 0 saturated carbocycles. The lowest BCUT2D eigenvalue weighted by Gasteiger charge is -2.32. The number of hydrogen-bond acceptors (Lipinski definition) is 2. The van der Waals surface area contributed by atoms with E-state index in [4.69, 9.17) is 4.74 Å². The molecule has 2 heteroatoms. The summed E-state index contributed by atoms with van der Waals surface area (Å²) in [4.78, 5) is 0. The van der Waals surface area contributed by atoms with Crippen LogP contribution >= 0.6 is 0 Å². The maximum atomic E-state index is 5.80. The molecule has 1 aromatic carbocycles. The molecule has 3 atom stereocenters. The number of rotatable bonds is 5. The molecule has 0 amide bonds. The molecule has 0 radical (unpaired) electrons. The molecule has 2 rings (SSSR count). The third-order valence-electron chi connectivity index (χ3n) is 3.76. The quantitative estimate of drug-likeness (QED) is 0.857. The van der Waals surface area contributed by atoms with Crippen LogP contribution in [0.3, 0.4) is 0 Å². The number of nitrogens with one attached hydrogen (secondary N) is 1. The molecule has 18 heavy (non-hydrogen) atoms. The lowest BCUT2D eigenvalue weighted by molar-refractivity contribution is -0.00472. The van der Waals surface area contributed by atoms with Gasteiger partial charge < -0.3 is 10.1 Å². The van der Waals surface area contributed by atoms with Gasteiger partial charge >= 0.3 is 0 Å². The molecule has 0 spiro atoms. The number of hydrogen-bond donors (Lipinski definition) is 1. The normalized spacial score (nSPS) is 25.9. The first-order valence-corrected chi connectivity index (χ1v) is 7.22. The van der Waals surface area contributed by atoms with Crippen molar-refractivity contribution in [1.82, 2.24) is 5.32 Å². The average molecular weight is 247 g/mol. The van der Waals surface area contributed by atoms with E-state index in [1.807, 2.05) is 0 Å². The first-order chi connectivity index (χ1) is 8.79. The van der Waals surface area contributed by atoms with Crippen LogP contribution in [0.25, 0.3) is 0 Å². The molecule has 2 nitrogen and oxygen atoms in total. The zero-order valence-electron chi connectivity index (χ0n) is 11.6. The lowest BCUT2D eigenvalue weighted by Crippen LogP contribution is -2.40. The van der Waals surface area contributed by atoms with Crippen LogP contribution < -0.4 is 5.32 Å². The molecule has 0 aromatic heterocycles. The Balaban J connectivity index is 1.85. The maximum absolute atomic E-state index is 5.80. The molecule has 1 saturated heterocycles. The van der Waals surface area contributed by atoms with Gasteiger partial charge in [-0.15, -0.1) is 0 Å². The summed E-state index contributed by atoms with van der Waals surface area (Å²) in [6, 6.07) is 11.7. The second-order valence-corrected chi connectivity index (χ2v) is 5.30. The van der Waals surface area contributed by atoms with Gasteiger partial charge in [0.25, 0.3) is 0 Å². The SMILES string of the molecule is CCCC1CC(N[C@H](C)c2ccccc2)CCO1. The minimum Gasteiger partial charge on any atom is -0.378 e. The van der Waals surface area contributed by atoms with Crippen molar-refractivity contribution in [2.45, 2.75) is 57.7 Å². The highest BCUT2D eigenvalue weighted by Crippen LogP contribution is 2.21. The maximum Gasteiger partial charge on any atom is 0.0589 e. The van der Waals surface area contributed by atoms with Crippen molar-refractivity contribution >= 4 is 0 Å². The van der Waals surface area contributed by atoms with Gasteiger partial charge in [0.05, 0.1) is 6.10 Å². The van der Waals surface area contributed by atoms with Gasteiger partial charge in [-0.3, -0.25) is 0 Å². The first-order valence-electron chi connectivity index (χ1n) is 7.22. The summed E-state index contributed by atoms with van der Waals surface area (Å²) in [6.07, 6.45) is 5.16. The van der Waals surface area contributed by atoms with E-state index in [2.05, 4.69) is 49.5 Å². The molecule has 1 aromatic rings. The zero-order chi connectivity index (χ0) is 12.8. The van der Waals surface area contributed by atoms with Crippen molar-refractivity contribution < 1.29 is 4.74 Å². The minimum atomic E-state index is 0.427. The smallest absolute Gasteiger partial charge is 0.0589 e. The summed E-state index contributed by atoms with van der Waals surface area (Å²) >= 11 is 0. The topological polar surface area (TPSA) is 21.3 Å². The van der Waals surface area contributed by atoms with Crippen LogP contribution in [0.15, 0.2) is 30.3 Å². The van der Waals surface area contributed by atoms with Crippen molar-refractivity contribution in [3.05, 3.63) is 35.9 Å². The van der Waals surface area contributed by atoms with E-state index in [1.54, 1.807) is 0 Å². The van der Waals surface area contributed by atoms with Crippen molar-refractivity contribution in [1.29, 1.82) is 0 Å². The Morgan fingerprint density at radius 2 is 2.11 bits per heavy atom. The fraction of sp³-hybridized carbons (Fsp3) is 0.625. The predicted molar refractivity (Wildman–Crippen MR) is 75.7 cm³/mol. The molecule has 1 fully saturated rings. The molecule has 100 valence electrons. The summed E-state index contributed by atoms with van der Waals surface area (Å²) in [5.74, 6) is 0. The van der Waals surface area contributed by atoms with E-state index in [0.29, 0.717) is 18.2 Å². The molecule has 2 unspecified atom stereocenters. The molecule has 0 aliphatic carbocycles. The molecule has 1 heterocycles. The number of benzene rings is 1. The van der Waals surface area contributed by atoms with Crippen molar-refractivity contribution in [2.24, 2.45) is 0 Å². The lowest BCUT2D eigenvalue weighted by atomic mass is 9.98. The van der Waals surface area contributed by atoms with Gasteiger partial charge in [0.2, 0.25) is 0 Å². The van der Waals surface area contributed by atoms with Gasteiger partial charge in [0.15, 0.2) is 0 Å². The van der Waals surface area contributed by atoms with Crippen LogP contribution in [0.2, 0.25) is 0 Å². The van der Waals surface area contributed by atoms with E-state index in [-0.39, 0.29) is 0 Å². The minimum absolute atomic E-state index is 0.427. The van der Waals surface area contributed by atoms with E-state index in [1.165, 1.54) is 18.4 Å². The van der Waals surface area contributed by atoms with Crippen LogP contribution in [0.1, 0.15) is 51.1 Å². The highest BCUT2D eigenvalue weighted by molar-refractivity contribution is 5.18. The second-order valence-electron chi connectivity index (χ2n) is 5.30. The van der Waals surface area contributed by atoms with Crippen LogP contribution in [-0.4, -0.2) is 18.8 Å². The van der Waals surface area contributed by atoms with E-state index < -0.39 is 0 Å². The highest BCUT2D eigenvalue weighted by Gasteiger charge is 2.23. The van der Waals surface area contributed by atoms with Gasteiger partial charge in [-0.05, 0) is 31.7 Å². The van der Waals surface area contributed by atoms with Gasteiger partial charge in [-0.2, -0.15) is 0 Å². The predicted octanol–water partition coefficient (Wildman–Crippen LogP) is 3.68. The van der Waals surface area contributed by atoms with Crippen molar-refractivity contribution in [3.63, 3.8) is 0 Å². The highest BCUT2D eigenvalue weighted by atomic mass is 16.5. The Morgan fingerprint density at radius 1 is 1.33 bits per heavy atom. The third kappa shape index (κ3) is 3.82. The second kappa shape index (κ2) is 6.91. The Kier molecular flexibility index (Phi) is 5.21. The third-order valence-corrected chi connectivity index (χ3v) is 3.76. The van der Waals surface area contributed by atoms with Crippen LogP contribution in [0.5, 0.6) is 0 Å². The Labute approximate surface area is 111 Å². The van der Waals surface area contributed by atoms with Gasteiger partial charge in [-0.1, -0.05) is 43.7 Å². The van der Waals surface area contributed by atoms with E-state index >= 15 is 0 Å². The van der Waals surface area contributed by atoms with Crippen molar-refractivity contribution in [3.8, 4) is 0 Å². The fourth-order valence-corrected chi connectivity index (χ4v) is 2.75. The summed E-state index contributed by atoms with van der Waals surface area (Å²) in [5, 5.41) is 3.74. The van der Waals surface area contributed by atoms with Gasteiger partial charge in [0, 0.05) is 18.7 Å². The van der Waals surface area contributed by atoms with Crippen LogP contribution in [0.4, 0.5) is 0 Å². The molecule has 1 N–H and O–H groups in total.